The zero-order valence-corrected chi connectivity index (χ0v) is 14.1. The molecule has 0 saturated heterocycles. The van der Waals surface area contributed by atoms with Crippen molar-refractivity contribution in [2.45, 2.75) is 39.9 Å². The summed E-state index contributed by atoms with van der Waals surface area (Å²) in [4.78, 5) is 12.5. The summed E-state index contributed by atoms with van der Waals surface area (Å²) < 4.78 is 11.4. The molecular formula is C18H21ClO3. The van der Waals surface area contributed by atoms with Gasteiger partial charge in [0, 0.05) is 10.6 Å². The van der Waals surface area contributed by atoms with E-state index in [1.165, 1.54) is 0 Å². The fourth-order valence-corrected chi connectivity index (χ4v) is 3.47. The lowest BCUT2D eigenvalue weighted by Crippen LogP contribution is -2.26. The minimum absolute atomic E-state index is 0.0470. The van der Waals surface area contributed by atoms with Gasteiger partial charge in [-0.15, -0.1) is 0 Å². The number of allylic oxidation sites excluding steroid dienone is 2. The number of halogens is 1. The molecule has 0 radical (unpaired) electrons. The van der Waals surface area contributed by atoms with Crippen molar-refractivity contribution in [1.29, 1.82) is 0 Å². The van der Waals surface area contributed by atoms with E-state index in [1.807, 2.05) is 44.2 Å². The third-order valence-corrected chi connectivity index (χ3v) is 4.99. The van der Waals surface area contributed by atoms with Crippen molar-refractivity contribution < 1.29 is 14.3 Å². The van der Waals surface area contributed by atoms with Gasteiger partial charge in [-0.2, -0.15) is 0 Å². The lowest BCUT2D eigenvalue weighted by molar-refractivity contribution is -0.166. The van der Waals surface area contributed by atoms with Gasteiger partial charge in [0.2, 0.25) is 0 Å². The summed E-state index contributed by atoms with van der Waals surface area (Å²) in [6, 6.07) is 7.81. The molecule has 4 unspecified atom stereocenters. The Balaban J connectivity index is 1.68. The van der Waals surface area contributed by atoms with Crippen LogP contribution < -0.4 is 4.74 Å². The number of fused-ring (bicyclic) bond motifs is 1. The number of esters is 1. The highest BCUT2D eigenvalue weighted by molar-refractivity contribution is 6.29. The Kier molecular flexibility index (Phi) is 3.72. The topological polar surface area (TPSA) is 35.5 Å². The first kappa shape index (κ1) is 15.4. The van der Waals surface area contributed by atoms with Gasteiger partial charge in [-0.05, 0) is 24.3 Å². The smallest absolute Gasteiger partial charge is 0.313 e. The SMILES string of the molecule is CC(Cl)=CC1C(C(=O)OC2Oc3ccccc3C2C)C1(C)C. The molecule has 2 aliphatic rings. The Morgan fingerprint density at radius 3 is 2.68 bits per heavy atom. The molecule has 4 heteroatoms. The van der Waals surface area contributed by atoms with E-state index in [2.05, 4.69) is 13.8 Å². The summed E-state index contributed by atoms with van der Waals surface area (Å²) in [6.07, 6.45) is 1.41. The molecular weight excluding hydrogens is 300 g/mol. The summed E-state index contributed by atoms with van der Waals surface area (Å²) in [7, 11) is 0. The maximum Gasteiger partial charge on any atom is 0.313 e. The van der Waals surface area contributed by atoms with Crippen LogP contribution in [0.3, 0.4) is 0 Å². The number of benzene rings is 1. The summed E-state index contributed by atoms with van der Waals surface area (Å²) in [5.41, 5.74) is 0.977. The van der Waals surface area contributed by atoms with E-state index >= 15 is 0 Å². The van der Waals surface area contributed by atoms with Crippen molar-refractivity contribution in [2.75, 3.05) is 0 Å². The molecule has 1 heterocycles. The Morgan fingerprint density at radius 2 is 2.05 bits per heavy atom. The molecule has 0 N–H and O–H groups in total. The van der Waals surface area contributed by atoms with Crippen LogP contribution >= 0.6 is 11.6 Å². The predicted molar refractivity (Wildman–Crippen MR) is 85.7 cm³/mol. The maximum atomic E-state index is 12.5. The van der Waals surface area contributed by atoms with Crippen LogP contribution in [0, 0.1) is 17.3 Å². The highest BCUT2D eigenvalue weighted by Crippen LogP contribution is 2.60. The van der Waals surface area contributed by atoms with Gasteiger partial charge in [0.05, 0.1) is 11.8 Å². The average molecular weight is 321 g/mol. The molecule has 1 saturated carbocycles. The van der Waals surface area contributed by atoms with Crippen molar-refractivity contribution in [1.82, 2.24) is 0 Å². The third-order valence-electron chi connectivity index (χ3n) is 4.87. The third kappa shape index (κ3) is 2.52. The fourth-order valence-electron chi connectivity index (χ4n) is 3.34. The minimum atomic E-state index is -0.539. The highest BCUT2D eigenvalue weighted by atomic mass is 35.5. The number of carbonyl (C=O) groups excluding carboxylic acids is 1. The normalized spacial score (nSPS) is 32.1. The van der Waals surface area contributed by atoms with Gasteiger partial charge in [-0.1, -0.05) is 56.6 Å². The molecule has 1 fully saturated rings. The molecule has 4 atom stereocenters. The Bertz CT molecular complexity index is 631. The average Bonchev–Trinajstić information content (AvgIpc) is 2.82. The van der Waals surface area contributed by atoms with Gasteiger partial charge in [-0.3, -0.25) is 4.79 Å². The fraction of sp³-hybridized carbons (Fsp3) is 0.500. The number of para-hydroxylation sites is 1. The number of hydrogen-bond donors (Lipinski definition) is 0. The molecule has 3 rings (SSSR count). The van der Waals surface area contributed by atoms with E-state index in [4.69, 9.17) is 21.1 Å². The monoisotopic (exact) mass is 320 g/mol. The lowest BCUT2D eigenvalue weighted by Gasteiger charge is -2.16. The van der Waals surface area contributed by atoms with E-state index in [0.29, 0.717) is 5.03 Å². The molecule has 1 aromatic rings. The molecule has 3 nitrogen and oxygen atoms in total. The van der Waals surface area contributed by atoms with Crippen molar-refractivity contribution in [2.24, 2.45) is 17.3 Å². The second-order valence-corrected chi connectivity index (χ2v) is 7.42. The molecule has 0 spiro atoms. The van der Waals surface area contributed by atoms with Crippen LogP contribution in [0.4, 0.5) is 0 Å². The largest absolute Gasteiger partial charge is 0.454 e. The molecule has 1 aliphatic heterocycles. The maximum absolute atomic E-state index is 12.5. The summed E-state index contributed by atoms with van der Waals surface area (Å²) in [5.74, 6) is 0.632. The summed E-state index contributed by atoms with van der Waals surface area (Å²) >= 11 is 5.95. The quantitative estimate of drug-likeness (QED) is 0.771. The van der Waals surface area contributed by atoms with Gasteiger partial charge in [0.1, 0.15) is 5.75 Å². The van der Waals surface area contributed by atoms with Crippen molar-refractivity contribution >= 4 is 17.6 Å². The first-order valence-corrected chi connectivity index (χ1v) is 8.00. The molecule has 1 aliphatic carbocycles. The van der Waals surface area contributed by atoms with Gasteiger partial charge in [0.15, 0.2) is 0 Å². The number of rotatable bonds is 3. The summed E-state index contributed by atoms with van der Waals surface area (Å²) in [5, 5.41) is 0.714. The van der Waals surface area contributed by atoms with Crippen LogP contribution in [0.5, 0.6) is 5.75 Å². The van der Waals surface area contributed by atoms with Crippen LogP contribution in [-0.4, -0.2) is 12.3 Å². The van der Waals surface area contributed by atoms with Gasteiger partial charge >= 0.3 is 5.97 Å². The second kappa shape index (κ2) is 5.31. The number of ether oxygens (including phenoxy) is 2. The molecule has 0 bridgehead atoms. The van der Waals surface area contributed by atoms with Crippen LogP contribution in [0.2, 0.25) is 0 Å². The van der Waals surface area contributed by atoms with E-state index < -0.39 is 6.29 Å². The Morgan fingerprint density at radius 1 is 1.36 bits per heavy atom. The number of hydrogen-bond acceptors (Lipinski definition) is 3. The van der Waals surface area contributed by atoms with Gasteiger partial charge < -0.3 is 9.47 Å². The van der Waals surface area contributed by atoms with E-state index in [-0.39, 0.29) is 29.1 Å². The summed E-state index contributed by atoms with van der Waals surface area (Å²) in [6.45, 7) is 7.97. The van der Waals surface area contributed by atoms with E-state index in [9.17, 15) is 4.79 Å². The molecule has 0 aromatic heterocycles. The zero-order chi connectivity index (χ0) is 16.1. The van der Waals surface area contributed by atoms with Crippen molar-refractivity contribution in [3.05, 3.63) is 40.9 Å². The van der Waals surface area contributed by atoms with Crippen LogP contribution in [0.1, 0.15) is 39.2 Å². The molecule has 0 amide bonds. The predicted octanol–water partition coefficient (Wildman–Crippen LogP) is 4.47. The van der Waals surface area contributed by atoms with Crippen LogP contribution in [0.25, 0.3) is 0 Å². The van der Waals surface area contributed by atoms with Gasteiger partial charge in [-0.25, -0.2) is 0 Å². The minimum Gasteiger partial charge on any atom is -0.454 e. The molecule has 1 aromatic carbocycles. The first-order chi connectivity index (χ1) is 10.3. The van der Waals surface area contributed by atoms with E-state index in [0.717, 1.165) is 11.3 Å². The van der Waals surface area contributed by atoms with E-state index in [1.54, 1.807) is 0 Å². The van der Waals surface area contributed by atoms with Crippen molar-refractivity contribution in [3.8, 4) is 5.75 Å². The molecule has 118 valence electrons. The van der Waals surface area contributed by atoms with Crippen LogP contribution in [-0.2, 0) is 9.53 Å². The Labute approximate surface area is 136 Å². The second-order valence-electron chi connectivity index (χ2n) is 6.83. The zero-order valence-electron chi connectivity index (χ0n) is 13.3. The highest BCUT2D eigenvalue weighted by Gasteiger charge is 2.62. The van der Waals surface area contributed by atoms with Crippen LogP contribution in [0.15, 0.2) is 35.4 Å². The standard InChI is InChI=1S/C18H21ClO3/c1-10(19)9-13-15(18(13,3)4)16(20)22-17-11(2)12-7-5-6-8-14(12)21-17/h5-9,11,13,15,17H,1-4H3. The first-order valence-electron chi connectivity index (χ1n) is 7.62. The van der Waals surface area contributed by atoms with Gasteiger partial charge in [0.25, 0.3) is 6.29 Å². The van der Waals surface area contributed by atoms with Crippen molar-refractivity contribution in [3.63, 3.8) is 0 Å². The lowest BCUT2D eigenvalue weighted by atomic mass is 10.0. The number of carbonyl (C=O) groups is 1. The molecule has 22 heavy (non-hydrogen) atoms. The Hall–Kier alpha value is -1.48.